The van der Waals surface area contributed by atoms with Gasteiger partial charge in [0.2, 0.25) is 15.9 Å². The van der Waals surface area contributed by atoms with Crippen molar-refractivity contribution in [2.24, 2.45) is 5.14 Å². The number of halogens is 1. The van der Waals surface area contributed by atoms with Gasteiger partial charge in [-0.15, -0.1) is 0 Å². The third kappa shape index (κ3) is 3.77. The minimum atomic E-state index is -3.71. The van der Waals surface area contributed by atoms with Gasteiger partial charge in [0.1, 0.15) is 0 Å². The Bertz CT molecular complexity index is 882. The van der Waals surface area contributed by atoms with Crippen molar-refractivity contribution in [1.29, 1.82) is 0 Å². The van der Waals surface area contributed by atoms with E-state index in [1.807, 2.05) is 29.2 Å². The Morgan fingerprint density at radius 1 is 1.21 bits per heavy atom. The maximum atomic E-state index is 12.2. The van der Waals surface area contributed by atoms with E-state index < -0.39 is 10.0 Å². The lowest BCUT2D eigenvalue weighted by Gasteiger charge is -2.19. The number of hydrogen-bond acceptors (Lipinski definition) is 4. The SMILES string of the molecule is NS(=O)(=O)c1ccc2c(c1)CCN2CC(=O)Nc1ccc(Br)cc1. The van der Waals surface area contributed by atoms with Gasteiger partial charge < -0.3 is 10.2 Å². The zero-order chi connectivity index (χ0) is 17.3. The number of nitrogens with two attached hydrogens (primary N) is 1. The molecule has 1 aliphatic rings. The number of hydrogen-bond donors (Lipinski definition) is 2. The number of amides is 1. The van der Waals surface area contributed by atoms with Gasteiger partial charge >= 0.3 is 0 Å². The van der Waals surface area contributed by atoms with Gasteiger partial charge in [-0.2, -0.15) is 0 Å². The van der Waals surface area contributed by atoms with Crippen LogP contribution in [0.5, 0.6) is 0 Å². The van der Waals surface area contributed by atoms with Crippen LogP contribution in [0.3, 0.4) is 0 Å². The smallest absolute Gasteiger partial charge is 0.243 e. The lowest BCUT2D eigenvalue weighted by Crippen LogP contribution is -2.31. The van der Waals surface area contributed by atoms with Crippen molar-refractivity contribution in [1.82, 2.24) is 0 Å². The molecule has 126 valence electrons. The molecule has 1 amide bonds. The van der Waals surface area contributed by atoms with Gasteiger partial charge in [0, 0.05) is 22.4 Å². The highest BCUT2D eigenvalue weighted by atomic mass is 79.9. The Labute approximate surface area is 148 Å². The summed E-state index contributed by atoms with van der Waals surface area (Å²) in [6, 6.07) is 12.1. The van der Waals surface area contributed by atoms with E-state index in [0.29, 0.717) is 13.0 Å². The van der Waals surface area contributed by atoms with Crippen LogP contribution in [0.4, 0.5) is 11.4 Å². The fourth-order valence-electron chi connectivity index (χ4n) is 2.69. The average Bonchev–Trinajstić information content (AvgIpc) is 2.91. The van der Waals surface area contributed by atoms with Crippen molar-refractivity contribution in [2.45, 2.75) is 11.3 Å². The number of carbonyl (C=O) groups is 1. The van der Waals surface area contributed by atoms with E-state index in [-0.39, 0.29) is 17.3 Å². The topological polar surface area (TPSA) is 92.5 Å². The molecule has 24 heavy (non-hydrogen) atoms. The third-order valence-electron chi connectivity index (χ3n) is 3.83. The number of sulfonamides is 1. The molecule has 3 rings (SSSR count). The van der Waals surface area contributed by atoms with Crippen molar-refractivity contribution >= 4 is 43.2 Å². The van der Waals surface area contributed by atoms with Crippen LogP contribution >= 0.6 is 15.9 Å². The standard InChI is InChI=1S/C16H16BrN3O3S/c17-12-1-3-13(4-2-12)19-16(21)10-20-8-7-11-9-14(24(18,22)23)5-6-15(11)20/h1-6,9H,7-8,10H2,(H,19,21)(H2,18,22,23). The summed E-state index contributed by atoms with van der Waals surface area (Å²) in [6.07, 6.45) is 0.685. The van der Waals surface area contributed by atoms with Gasteiger partial charge in [0.25, 0.3) is 0 Å². The summed E-state index contributed by atoms with van der Waals surface area (Å²) in [5.74, 6) is -0.124. The summed E-state index contributed by atoms with van der Waals surface area (Å²) in [7, 11) is -3.71. The maximum absolute atomic E-state index is 12.2. The average molecular weight is 410 g/mol. The molecule has 8 heteroatoms. The fraction of sp³-hybridized carbons (Fsp3) is 0.188. The summed E-state index contributed by atoms with van der Waals surface area (Å²) in [6.45, 7) is 0.870. The second-order valence-electron chi connectivity index (χ2n) is 5.56. The predicted octanol–water partition coefficient (Wildman–Crippen LogP) is 2.10. The zero-order valence-corrected chi connectivity index (χ0v) is 15.1. The van der Waals surface area contributed by atoms with Crippen molar-refractivity contribution in [3.63, 3.8) is 0 Å². The number of benzene rings is 2. The minimum Gasteiger partial charge on any atom is -0.362 e. The molecule has 0 atom stereocenters. The molecule has 0 aliphatic carbocycles. The van der Waals surface area contributed by atoms with E-state index >= 15 is 0 Å². The Morgan fingerprint density at radius 3 is 2.58 bits per heavy atom. The van der Waals surface area contributed by atoms with Crippen LogP contribution in [0.15, 0.2) is 51.8 Å². The largest absolute Gasteiger partial charge is 0.362 e. The minimum absolute atomic E-state index is 0.0995. The molecule has 0 spiro atoms. The van der Waals surface area contributed by atoms with Crippen LogP contribution in [0, 0.1) is 0 Å². The molecule has 0 saturated carbocycles. The van der Waals surface area contributed by atoms with Crippen molar-refractivity contribution in [3.8, 4) is 0 Å². The summed E-state index contributed by atoms with van der Waals surface area (Å²) >= 11 is 3.35. The second-order valence-corrected chi connectivity index (χ2v) is 8.04. The molecule has 0 aromatic heterocycles. The molecular weight excluding hydrogens is 394 g/mol. The molecule has 0 fully saturated rings. The highest BCUT2D eigenvalue weighted by molar-refractivity contribution is 9.10. The summed E-state index contributed by atoms with van der Waals surface area (Å²) in [5, 5.41) is 8.00. The van der Waals surface area contributed by atoms with Crippen LogP contribution in [-0.4, -0.2) is 27.4 Å². The van der Waals surface area contributed by atoms with E-state index in [1.54, 1.807) is 12.1 Å². The zero-order valence-electron chi connectivity index (χ0n) is 12.7. The molecule has 2 aromatic rings. The molecular formula is C16H16BrN3O3S. The Morgan fingerprint density at radius 2 is 1.92 bits per heavy atom. The van der Waals surface area contributed by atoms with Gasteiger partial charge in [0.15, 0.2) is 0 Å². The number of nitrogens with zero attached hydrogens (tertiary/aromatic N) is 1. The highest BCUT2D eigenvalue weighted by Crippen LogP contribution is 2.29. The van der Waals surface area contributed by atoms with Gasteiger partial charge in [-0.1, -0.05) is 15.9 Å². The first-order chi connectivity index (χ1) is 11.3. The predicted molar refractivity (Wildman–Crippen MR) is 96.5 cm³/mol. The first-order valence-electron chi connectivity index (χ1n) is 7.29. The monoisotopic (exact) mass is 409 g/mol. The van der Waals surface area contributed by atoms with Crippen LogP contribution in [0.1, 0.15) is 5.56 Å². The summed E-state index contributed by atoms with van der Waals surface area (Å²) in [5.41, 5.74) is 2.48. The number of anilines is 2. The number of nitrogens with one attached hydrogen (secondary N) is 1. The third-order valence-corrected chi connectivity index (χ3v) is 5.27. The number of fused-ring (bicyclic) bond motifs is 1. The van der Waals surface area contributed by atoms with Crippen LogP contribution in [0.25, 0.3) is 0 Å². The Balaban J connectivity index is 1.70. The highest BCUT2D eigenvalue weighted by Gasteiger charge is 2.23. The lowest BCUT2D eigenvalue weighted by atomic mass is 10.2. The molecule has 3 N–H and O–H groups in total. The fourth-order valence-corrected chi connectivity index (χ4v) is 3.52. The van der Waals surface area contributed by atoms with E-state index in [0.717, 1.165) is 21.4 Å². The number of primary sulfonamides is 1. The van der Waals surface area contributed by atoms with Crippen molar-refractivity contribution in [3.05, 3.63) is 52.5 Å². The number of rotatable bonds is 4. The van der Waals surface area contributed by atoms with Gasteiger partial charge in [-0.3, -0.25) is 4.79 Å². The normalized spacial score (nSPS) is 13.7. The molecule has 0 radical (unpaired) electrons. The van der Waals surface area contributed by atoms with Crippen molar-refractivity contribution in [2.75, 3.05) is 23.3 Å². The van der Waals surface area contributed by atoms with Crippen LogP contribution in [-0.2, 0) is 21.2 Å². The summed E-state index contributed by atoms with van der Waals surface area (Å²) < 4.78 is 23.8. The van der Waals surface area contributed by atoms with Gasteiger partial charge in [0.05, 0.1) is 11.4 Å². The van der Waals surface area contributed by atoms with Crippen molar-refractivity contribution < 1.29 is 13.2 Å². The maximum Gasteiger partial charge on any atom is 0.243 e. The second kappa shape index (κ2) is 6.54. The van der Waals surface area contributed by atoms with E-state index in [1.165, 1.54) is 6.07 Å². The molecule has 2 aromatic carbocycles. The van der Waals surface area contributed by atoms with E-state index in [4.69, 9.17) is 5.14 Å². The molecule has 0 bridgehead atoms. The van der Waals surface area contributed by atoms with Gasteiger partial charge in [-0.05, 0) is 54.4 Å². The molecule has 1 aliphatic heterocycles. The number of carbonyl (C=O) groups excluding carboxylic acids is 1. The van der Waals surface area contributed by atoms with Gasteiger partial charge in [-0.25, -0.2) is 13.6 Å². The van der Waals surface area contributed by atoms with E-state index in [2.05, 4.69) is 21.2 Å². The van der Waals surface area contributed by atoms with E-state index in [9.17, 15) is 13.2 Å². The molecule has 1 heterocycles. The van der Waals surface area contributed by atoms with Crippen LogP contribution < -0.4 is 15.4 Å². The first-order valence-corrected chi connectivity index (χ1v) is 9.63. The quantitative estimate of drug-likeness (QED) is 0.808. The molecule has 6 nitrogen and oxygen atoms in total. The first kappa shape index (κ1) is 16.9. The van der Waals surface area contributed by atoms with Crippen LogP contribution in [0.2, 0.25) is 0 Å². The molecule has 0 unspecified atom stereocenters. The summed E-state index contributed by atoms with van der Waals surface area (Å²) in [4.78, 5) is 14.2. The Hall–Kier alpha value is -1.90. The Kier molecular flexibility index (Phi) is 4.62. The molecule has 0 saturated heterocycles. The lowest BCUT2D eigenvalue weighted by molar-refractivity contribution is -0.115.